The first-order valence-electron chi connectivity index (χ1n) is 3.39. The minimum atomic E-state index is -4.54. The van der Waals surface area contributed by atoms with Crippen molar-refractivity contribution in [2.45, 2.75) is 6.18 Å². The highest BCUT2D eigenvalue weighted by molar-refractivity contribution is 5.94. The molecule has 1 amide bonds. The van der Waals surface area contributed by atoms with Gasteiger partial charge in [-0.25, -0.2) is 0 Å². The molecule has 0 fully saturated rings. The van der Waals surface area contributed by atoms with E-state index in [1.165, 1.54) is 12.1 Å². The van der Waals surface area contributed by atoms with Gasteiger partial charge in [-0.1, -0.05) is 12.1 Å². The molecular weight excluding hydrogens is 183 g/mol. The Hall–Kier alpha value is -1.52. The van der Waals surface area contributed by atoms with Crippen molar-refractivity contribution < 1.29 is 18.0 Å². The van der Waals surface area contributed by atoms with Crippen LogP contribution in [0.25, 0.3) is 0 Å². The molecule has 0 aliphatic carbocycles. The van der Waals surface area contributed by atoms with Gasteiger partial charge in [0.2, 0.25) is 5.91 Å². The molecule has 0 aliphatic rings. The van der Waals surface area contributed by atoms with Gasteiger partial charge >= 0.3 is 6.18 Å². The minimum Gasteiger partial charge on any atom is -0.366 e. The molecule has 0 spiro atoms. The lowest BCUT2D eigenvalue weighted by molar-refractivity contribution is -0.137. The van der Waals surface area contributed by atoms with Crippen LogP contribution in [0.3, 0.4) is 0 Å². The average molecular weight is 189 g/mol. The molecule has 0 saturated carbocycles. The van der Waals surface area contributed by atoms with Crippen LogP contribution >= 0.6 is 0 Å². The highest BCUT2D eigenvalue weighted by Crippen LogP contribution is 2.31. The highest BCUT2D eigenvalue weighted by atomic mass is 19.4. The Labute approximate surface area is 72.2 Å². The molecule has 0 saturated heterocycles. The molecule has 0 heterocycles. The number of halogens is 3. The van der Waals surface area contributed by atoms with E-state index in [0.29, 0.717) is 0 Å². The maximum atomic E-state index is 12.2. The number of amides is 1. The predicted octanol–water partition coefficient (Wildman–Crippen LogP) is 1.80. The average Bonchev–Trinajstić information content (AvgIpc) is 2.03. The van der Waals surface area contributed by atoms with Crippen molar-refractivity contribution in [3.8, 4) is 0 Å². The number of rotatable bonds is 1. The van der Waals surface area contributed by atoms with Gasteiger partial charge in [0.05, 0.1) is 11.1 Å². The van der Waals surface area contributed by atoms with Crippen molar-refractivity contribution in [2.24, 2.45) is 5.73 Å². The van der Waals surface area contributed by atoms with Gasteiger partial charge in [0.25, 0.3) is 0 Å². The summed E-state index contributed by atoms with van der Waals surface area (Å²) in [6.45, 7) is 0. The standard InChI is InChI=1S/C8H6F3NO/c9-8(10,11)6-4-2-1-3-5(6)7(12)13/h1-4H,(H2,12,13). The zero-order valence-corrected chi connectivity index (χ0v) is 6.43. The van der Waals surface area contributed by atoms with Gasteiger partial charge < -0.3 is 5.73 Å². The van der Waals surface area contributed by atoms with E-state index in [-0.39, 0.29) is 0 Å². The third kappa shape index (κ3) is 1.99. The quantitative estimate of drug-likeness (QED) is 0.719. The topological polar surface area (TPSA) is 43.1 Å². The number of primary amides is 1. The molecule has 0 bridgehead atoms. The van der Waals surface area contributed by atoms with Crippen molar-refractivity contribution in [1.29, 1.82) is 0 Å². The summed E-state index contributed by atoms with van der Waals surface area (Å²) in [5, 5.41) is 0. The predicted molar refractivity (Wildman–Crippen MR) is 40.0 cm³/mol. The largest absolute Gasteiger partial charge is 0.417 e. The van der Waals surface area contributed by atoms with E-state index in [2.05, 4.69) is 0 Å². The number of alkyl halides is 3. The summed E-state index contributed by atoms with van der Waals surface area (Å²) < 4.78 is 36.6. The Bertz CT molecular complexity index is 332. The highest BCUT2D eigenvalue weighted by Gasteiger charge is 2.34. The van der Waals surface area contributed by atoms with Crippen LogP contribution in [0.1, 0.15) is 15.9 Å². The molecular formula is C8H6F3NO. The van der Waals surface area contributed by atoms with E-state index in [9.17, 15) is 18.0 Å². The molecule has 70 valence electrons. The summed E-state index contributed by atoms with van der Waals surface area (Å²) in [6.07, 6.45) is -4.54. The van der Waals surface area contributed by atoms with Gasteiger partial charge in [-0.15, -0.1) is 0 Å². The summed E-state index contributed by atoms with van der Waals surface area (Å²) in [6, 6.07) is 4.40. The van der Waals surface area contributed by atoms with Crippen LogP contribution in [0.15, 0.2) is 24.3 Å². The van der Waals surface area contributed by atoms with Gasteiger partial charge in [0, 0.05) is 0 Å². The number of carbonyl (C=O) groups is 1. The van der Waals surface area contributed by atoms with E-state index in [1.807, 2.05) is 0 Å². The number of carbonyl (C=O) groups excluding carboxylic acids is 1. The van der Waals surface area contributed by atoms with Gasteiger partial charge in [-0.3, -0.25) is 4.79 Å². The summed E-state index contributed by atoms with van der Waals surface area (Å²) in [4.78, 5) is 10.6. The summed E-state index contributed by atoms with van der Waals surface area (Å²) in [5.41, 5.74) is 3.27. The third-order valence-electron chi connectivity index (χ3n) is 1.50. The zero-order valence-electron chi connectivity index (χ0n) is 6.43. The van der Waals surface area contributed by atoms with E-state index in [0.717, 1.165) is 12.1 Å². The maximum Gasteiger partial charge on any atom is 0.417 e. The molecule has 0 radical (unpaired) electrons. The smallest absolute Gasteiger partial charge is 0.366 e. The van der Waals surface area contributed by atoms with E-state index in [4.69, 9.17) is 5.73 Å². The molecule has 1 aromatic rings. The van der Waals surface area contributed by atoms with Gasteiger partial charge in [0.15, 0.2) is 0 Å². The first-order chi connectivity index (χ1) is 5.93. The summed E-state index contributed by atoms with van der Waals surface area (Å²) in [7, 11) is 0. The molecule has 0 aliphatic heterocycles. The van der Waals surface area contributed by atoms with Crippen molar-refractivity contribution in [3.05, 3.63) is 35.4 Å². The second-order valence-electron chi connectivity index (χ2n) is 2.41. The van der Waals surface area contributed by atoms with Crippen molar-refractivity contribution in [1.82, 2.24) is 0 Å². The van der Waals surface area contributed by atoms with Crippen LogP contribution < -0.4 is 5.73 Å². The SMILES string of the molecule is NC(=O)c1ccccc1C(F)(F)F. The van der Waals surface area contributed by atoms with Crippen LogP contribution in [0.2, 0.25) is 0 Å². The molecule has 5 heteroatoms. The lowest BCUT2D eigenvalue weighted by Gasteiger charge is -2.09. The number of benzene rings is 1. The van der Waals surface area contributed by atoms with E-state index in [1.54, 1.807) is 0 Å². The fourth-order valence-corrected chi connectivity index (χ4v) is 0.945. The monoisotopic (exact) mass is 189 g/mol. The van der Waals surface area contributed by atoms with E-state index < -0.39 is 23.2 Å². The van der Waals surface area contributed by atoms with Crippen LogP contribution in [0.4, 0.5) is 13.2 Å². The zero-order chi connectivity index (χ0) is 10.1. The van der Waals surface area contributed by atoms with Crippen LogP contribution in [-0.4, -0.2) is 5.91 Å². The van der Waals surface area contributed by atoms with Crippen molar-refractivity contribution in [2.75, 3.05) is 0 Å². The number of hydrogen-bond donors (Lipinski definition) is 1. The van der Waals surface area contributed by atoms with Crippen molar-refractivity contribution >= 4 is 5.91 Å². The van der Waals surface area contributed by atoms with Crippen LogP contribution in [-0.2, 0) is 6.18 Å². The van der Waals surface area contributed by atoms with Gasteiger partial charge in [-0.2, -0.15) is 13.2 Å². The van der Waals surface area contributed by atoms with Crippen LogP contribution in [0, 0.1) is 0 Å². The van der Waals surface area contributed by atoms with Crippen LogP contribution in [0.5, 0.6) is 0 Å². The molecule has 0 aromatic heterocycles. The number of nitrogens with two attached hydrogens (primary N) is 1. The fraction of sp³-hybridized carbons (Fsp3) is 0.125. The minimum absolute atomic E-state index is 0.505. The molecule has 2 nitrogen and oxygen atoms in total. The first-order valence-corrected chi connectivity index (χ1v) is 3.39. The lowest BCUT2D eigenvalue weighted by Crippen LogP contribution is -2.18. The molecule has 2 N–H and O–H groups in total. The second kappa shape index (κ2) is 3.08. The Kier molecular flexibility index (Phi) is 2.27. The van der Waals surface area contributed by atoms with Gasteiger partial charge in [-0.05, 0) is 12.1 Å². The number of hydrogen-bond acceptors (Lipinski definition) is 1. The van der Waals surface area contributed by atoms with Crippen molar-refractivity contribution in [3.63, 3.8) is 0 Å². The van der Waals surface area contributed by atoms with Gasteiger partial charge in [0.1, 0.15) is 0 Å². The second-order valence-corrected chi connectivity index (χ2v) is 2.41. The Morgan fingerprint density at radius 2 is 1.77 bits per heavy atom. The molecule has 0 atom stereocenters. The summed E-state index contributed by atoms with van der Waals surface area (Å²) in [5.74, 6) is -1.08. The maximum absolute atomic E-state index is 12.2. The first kappa shape index (κ1) is 9.57. The molecule has 1 rings (SSSR count). The fourth-order valence-electron chi connectivity index (χ4n) is 0.945. The normalized spacial score (nSPS) is 11.3. The molecule has 1 aromatic carbocycles. The third-order valence-corrected chi connectivity index (χ3v) is 1.50. The Morgan fingerprint density at radius 3 is 2.15 bits per heavy atom. The molecule has 0 unspecified atom stereocenters. The lowest BCUT2D eigenvalue weighted by atomic mass is 10.1. The molecule has 13 heavy (non-hydrogen) atoms. The summed E-state index contributed by atoms with van der Waals surface area (Å²) >= 11 is 0. The van der Waals surface area contributed by atoms with E-state index >= 15 is 0 Å². The Morgan fingerprint density at radius 1 is 1.23 bits per heavy atom. The Balaban J connectivity index is 3.28.